The van der Waals surface area contributed by atoms with Crippen molar-refractivity contribution < 1.29 is 9.53 Å². The molecule has 2 unspecified atom stereocenters. The van der Waals surface area contributed by atoms with E-state index in [4.69, 9.17) is 4.74 Å². The highest BCUT2D eigenvalue weighted by molar-refractivity contribution is 5.78. The Balaban J connectivity index is 3.21. The zero-order valence-corrected chi connectivity index (χ0v) is 12.8. The van der Waals surface area contributed by atoms with Crippen LogP contribution >= 0.6 is 0 Å². The molecule has 106 valence electrons. The van der Waals surface area contributed by atoms with Crippen molar-refractivity contribution in [3.63, 3.8) is 0 Å². The van der Waals surface area contributed by atoms with Crippen molar-refractivity contribution >= 4 is 5.97 Å². The molecule has 1 aromatic rings. The number of rotatable bonds is 5. The predicted octanol–water partition coefficient (Wildman–Crippen LogP) is 3.21. The predicted molar refractivity (Wildman–Crippen MR) is 78.3 cm³/mol. The molecule has 3 heteroatoms. The molecule has 0 bridgehead atoms. The van der Waals surface area contributed by atoms with Crippen molar-refractivity contribution in [2.75, 3.05) is 7.11 Å². The van der Waals surface area contributed by atoms with Crippen molar-refractivity contribution in [2.45, 2.75) is 53.1 Å². The van der Waals surface area contributed by atoms with Crippen LogP contribution in [-0.4, -0.2) is 19.1 Å². The second kappa shape index (κ2) is 6.71. The van der Waals surface area contributed by atoms with E-state index in [2.05, 4.69) is 38.2 Å². The average molecular weight is 263 g/mol. The van der Waals surface area contributed by atoms with E-state index in [9.17, 15) is 4.79 Å². The lowest BCUT2D eigenvalue weighted by Crippen LogP contribution is -2.36. The minimum absolute atomic E-state index is 0.227. The standard InChI is InChI=1S/C16H25NO2/c1-7-13(5)17-15(16(18)19-6)14-11(3)8-10(2)9-12(14)4/h8-9,13,15,17H,7H2,1-6H3. The highest BCUT2D eigenvalue weighted by Gasteiger charge is 2.25. The fraction of sp³-hybridized carbons (Fsp3) is 0.562. The fourth-order valence-corrected chi connectivity index (χ4v) is 2.44. The fourth-order valence-electron chi connectivity index (χ4n) is 2.44. The monoisotopic (exact) mass is 263 g/mol. The van der Waals surface area contributed by atoms with Gasteiger partial charge in [-0.1, -0.05) is 24.6 Å². The van der Waals surface area contributed by atoms with Gasteiger partial charge >= 0.3 is 5.97 Å². The lowest BCUT2D eigenvalue weighted by molar-refractivity contribution is -0.143. The van der Waals surface area contributed by atoms with E-state index in [1.165, 1.54) is 12.7 Å². The first-order valence-electron chi connectivity index (χ1n) is 6.82. The number of hydrogen-bond donors (Lipinski definition) is 1. The highest BCUT2D eigenvalue weighted by atomic mass is 16.5. The molecular weight excluding hydrogens is 238 g/mol. The Bertz CT molecular complexity index is 431. The smallest absolute Gasteiger partial charge is 0.327 e. The molecule has 0 aromatic heterocycles. The second-order valence-electron chi connectivity index (χ2n) is 5.24. The molecule has 0 aliphatic rings. The molecule has 0 fully saturated rings. The van der Waals surface area contributed by atoms with Crippen LogP contribution in [0.15, 0.2) is 12.1 Å². The molecule has 0 saturated heterocycles. The first kappa shape index (κ1) is 15.7. The highest BCUT2D eigenvalue weighted by Crippen LogP contribution is 2.25. The number of aryl methyl sites for hydroxylation is 3. The summed E-state index contributed by atoms with van der Waals surface area (Å²) in [6.07, 6.45) is 0.970. The van der Waals surface area contributed by atoms with Crippen molar-refractivity contribution in [3.05, 3.63) is 34.4 Å². The van der Waals surface area contributed by atoms with Gasteiger partial charge in [0.15, 0.2) is 0 Å². The third-order valence-corrected chi connectivity index (χ3v) is 3.53. The minimum atomic E-state index is -0.388. The van der Waals surface area contributed by atoms with E-state index in [1.54, 1.807) is 0 Å². The van der Waals surface area contributed by atoms with Gasteiger partial charge in [0.05, 0.1) is 7.11 Å². The van der Waals surface area contributed by atoms with Gasteiger partial charge in [0.2, 0.25) is 0 Å². The molecule has 1 aromatic carbocycles. The summed E-state index contributed by atoms with van der Waals surface area (Å²) < 4.78 is 4.95. The number of ether oxygens (including phenoxy) is 1. The molecule has 1 rings (SSSR count). The van der Waals surface area contributed by atoms with Crippen LogP contribution in [0.1, 0.15) is 48.6 Å². The maximum Gasteiger partial charge on any atom is 0.327 e. The number of carbonyl (C=O) groups is 1. The average Bonchev–Trinajstić information content (AvgIpc) is 2.35. The zero-order chi connectivity index (χ0) is 14.6. The van der Waals surface area contributed by atoms with Gasteiger partial charge in [-0.05, 0) is 50.8 Å². The molecule has 2 atom stereocenters. The zero-order valence-electron chi connectivity index (χ0n) is 12.8. The summed E-state index contributed by atoms with van der Waals surface area (Å²) in [5.74, 6) is -0.227. The summed E-state index contributed by atoms with van der Waals surface area (Å²) in [7, 11) is 1.44. The van der Waals surface area contributed by atoms with E-state index in [-0.39, 0.29) is 18.1 Å². The van der Waals surface area contributed by atoms with Gasteiger partial charge in [-0.2, -0.15) is 0 Å². The Labute approximate surface area is 116 Å². The molecular formula is C16H25NO2. The summed E-state index contributed by atoms with van der Waals surface area (Å²) >= 11 is 0. The molecule has 0 aliphatic heterocycles. The van der Waals surface area contributed by atoms with Gasteiger partial charge in [-0.25, -0.2) is 4.79 Å². The molecule has 3 nitrogen and oxygen atoms in total. The van der Waals surface area contributed by atoms with Crippen molar-refractivity contribution in [1.82, 2.24) is 5.32 Å². The van der Waals surface area contributed by atoms with Crippen LogP contribution in [0.4, 0.5) is 0 Å². The third kappa shape index (κ3) is 3.80. The van der Waals surface area contributed by atoms with Crippen LogP contribution in [-0.2, 0) is 9.53 Å². The summed E-state index contributed by atoms with van der Waals surface area (Å²) in [6, 6.07) is 4.09. The Kier molecular flexibility index (Phi) is 5.55. The lowest BCUT2D eigenvalue weighted by Gasteiger charge is -2.24. The minimum Gasteiger partial charge on any atom is -0.468 e. The maximum atomic E-state index is 12.1. The Morgan fingerprint density at radius 2 is 1.79 bits per heavy atom. The van der Waals surface area contributed by atoms with Crippen LogP contribution in [0.3, 0.4) is 0 Å². The van der Waals surface area contributed by atoms with Gasteiger partial charge in [0.1, 0.15) is 6.04 Å². The SMILES string of the molecule is CCC(C)NC(C(=O)OC)c1c(C)cc(C)cc1C. The maximum absolute atomic E-state index is 12.1. The normalized spacial score (nSPS) is 14.0. The van der Waals surface area contributed by atoms with Crippen molar-refractivity contribution in [2.24, 2.45) is 0 Å². The lowest BCUT2D eigenvalue weighted by atomic mass is 9.93. The topological polar surface area (TPSA) is 38.3 Å². The van der Waals surface area contributed by atoms with E-state index in [1.807, 2.05) is 13.8 Å². The summed E-state index contributed by atoms with van der Waals surface area (Å²) in [5, 5.41) is 3.36. The number of nitrogens with one attached hydrogen (secondary N) is 1. The van der Waals surface area contributed by atoms with Gasteiger partial charge in [-0.15, -0.1) is 0 Å². The van der Waals surface area contributed by atoms with E-state index in [0.29, 0.717) is 0 Å². The Hall–Kier alpha value is -1.35. The van der Waals surface area contributed by atoms with Crippen LogP contribution in [0.25, 0.3) is 0 Å². The number of hydrogen-bond acceptors (Lipinski definition) is 3. The van der Waals surface area contributed by atoms with E-state index >= 15 is 0 Å². The first-order valence-corrected chi connectivity index (χ1v) is 6.82. The van der Waals surface area contributed by atoms with Crippen LogP contribution in [0.5, 0.6) is 0 Å². The quantitative estimate of drug-likeness (QED) is 0.829. The first-order chi connectivity index (χ1) is 8.90. The second-order valence-corrected chi connectivity index (χ2v) is 5.24. The Morgan fingerprint density at radius 1 is 1.26 bits per heavy atom. The molecule has 0 aliphatic carbocycles. The third-order valence-electron chi connectivity index (χ3n) is 3.53. The van der Waals surface area contributed by atoms with Gasteiger partial charge < -0.3 is 4.74 Å². The molecule has 19 heavy (non-hydrogen) atoms. The van der Waals surface area contributed by atoms with E-state index in [0.717, 1.165) is 23.1 Å². The van der Waals surface area contributed by atoms with Crippen molar-refractivity contribution in [3.8, 4) is 0 Å². The van der Waals surface area contributed by atoms with Gasteiger partial charge in [0.25, 0.3) is 0 Å². The summed E-state index contributed by atoms with van der Waals surface area (Å²) in [6.45, 7) is 10.3. The van der Waals surface area contributed by atoms with Crippen molar-refractivity contribution in [1.29, 1.82) is 0 Å². The van der Waals surface area contributed by atoms with Gasteiger partial charge in [-0.3, -0.25) is 5.32 Å². The largest absolute Gasteiger partial charge is 0.468 e. The number of benzene rings is 1. The number of esters is 1. The molecule has 1 N–H and O–H groups in total. The summed E-state index contributed by atoms with van der Waals surface area (Å²) in [5.41, 5.74) is 4.51. The van der Waals surface area contributed by atoms with Gasteiger partial charge in [0, 0.05) is 6.04 Å². The van der Waals surface area contributed by atoms with Crippen LogP contribution < -0.4 is 5.32 Å². The van der Waals surface area contributed by atoms with Crippen LogP contribution in [0, 0.1) is 20.8 Å². The molecule has 0 saturated carbocycles. The molecule has 0 radical (unpaired) electrons. The summed E-state index contributed by atoms with van der Waals surface area (Å²) in [4.78, 5) is 12.1. The Morgan fingerprint density at radius 3 is 2.21 bits per heavy atom. The molecule has 0 amide bonds. The number of methoxy groups -OCH3 is 1. The molecule has 0 spiro atoms. The van der Waals surface area contributed by atoms with E-state index < -0.39 is 0 Å². The molecule has 0 heterocycles. The van der Waals surface area contributed by atoms with Crippen LogP contribution in [0.2, 0.25) is 0 Å². The number of carbonyl (C=O) groups excluding carboxylic acids is 1.